The Labute approximate surface area is 220 Å². The van der Waals surface area contributed by atoms with Gasteiger partial charge in [0, 0.05) is 12.8 Å². The molecule has 12 heteroatoms. The number of ether oxygens (including phenoxy) is 2. The number of carboxylic acid groups (broad SMARTS) is 1. The van der Waals surface area contributed by atoms with E-state index in [-0.39, 0.29) is 19.4 Å². The number of phosphoric acid groups is 1. The van der Waals surface area contributed by atoms with Gasteiger partial charge in [-0.2, -0.15) is 0 Å². The van der Waals surface area contributed by atoms with Crippen molar-refractivity contribution in [3.8, 4) is 0 Å². The lowest BCUT2D eigenvalue weighted by Gasteiger charge is -2.20. The predicted molar refractivity (Wildman–Crippen MR) is 139 cm³/mol. The molecular formula is C25H46NO10P. The summed E-state index contributed by atoms with van der Waals surface area (Å²) in [7, 11) is -4.67. The molecule has 37 heavy (non-hydrogen) atoms. The van der Waals surface area contributed by atoms with Crippen LogP contribution in [-0.4, -0.2) is 59.9 Å². The van der Waals surface area contributed by atoms with Crippen LogP contribution in [0.1, 0.15) is 97.3 Å². The number of unbranched alkanes of at least 4 members (excludes halogenated alkanes) is 8. The second-order valence-electron chi connectivity index (χ2n) is 8.82. The van der Waals surface area contributed by atoms with Crippen LogP contribution in [0.3, 0.4) is 0 Å². The lowest BCUT2D eigenvalue weighted by molar-refractivity contribution is -0.161. The number of hydrogen-bond donors (Lipinski definition) is 3. The molecule has 0 aromatic carbocycles. The van der Waals surface area contributed by atoms with Gasteiger partial charge in [0.2, 0.25) is 0 Å². The van der Waals surface area contributed by atoms with Gasteiger partial charge in [0.15, 0.2) is 6.10 Å². The summed E-state index contributed by atoms with van der Waals surface area (Å²) in [6, 6.07) is -1.51. The number of rotatable bonds is 24. The Morgan fingerprint density at radius 1 is 0.811 bits per heavy atom. The summed E-state index contributed by atoms with van der Waals surface area (Å²) in [5.74, 6) is -2.46. The first-order valence-electron chi connectivity index (χ1n) is 13.2. The van der Waals surface area contributed by atoms with E-state index in [1.54, 1.807) is 6.92 Å². The Hall–Kier alpha value is -1.78. The zero-order valence-corrected chi connectivity index (χ0v) is 23.2. The lowest BCUT2D eigenvalue weighted by atomic mass is 10.1. The van der Waals surface area contributed by atoms with Crippen molar-refractivity contribution < 1.29 is 47.5 Å². The van der Waals surface area contributed by atoms with Gasteiger partial charge in [-0.15, -0.1) is 0 Å². The second-order valence-corrected chi connectivity index (χ2v) is 10.3. The Morgan fingerprint density at radius 3 is 2.03 bits per heavy atom. The average molecular weight is 552 g/mol. The van der Waals surface area contributed by atoms with Crippen molar-refractivity contribution in [2.24, 2.45) is 5.73 Å². The van der Waals surface area contributed by atoms with E-state index < -0.39 is 51.1 Å². The quantitative estimate of drug-likeness (QED) is 0.0659. The monoisotopic (exact) mass is 551 g/mol. The molecule has 11 nitrogen and oxygen atoms in total. The van der Waals surface area contributed by atoms with Gasteiger partial charge in [-0.05, 0) is 38.5 Å². The van der Waals surface area contributed by atoms with Crippen LogP contribution in [0.2, 0.25) is 0 Å². The Balaban J connectivity index is 4.38. The maximum Gasteiger partial charge on any atom is 0.472 e. The number of hydrogen-bond acceptors (Lipinski definition) is 9. The zero-order chi connectivity index (χ0) is 27.9. The third kappa shape index (κ3) is 22.0. The number of esters is 2. The summed E-state index contributed by atoms with van der Waals surface area (Å²) < 4.78 is 31.7. The highest BCUT2D eigenvalue weighted by atomic mass is 31.2. The number of aliphatic carboxylic acids is 1. The maximum absolute atomic E-state index is 12.2. The van der Waals surface area contributed by atoms with E-state index >= 15 is 0 Å². The molecule has 3 unspecified atom stereocenters. The Bertz CT molecular complexity index is 716. The van der Waals surface area contributed by atoms with Crippen LogP contribution in [0.4, 0.5) is 0 Å². The van der Waals surface area contributed by atoms with E-state index in [1.807, 2.05) is 0 Å². The molecule has 216 valence electrons. The summed E-state index contributed by atoms with van der Waals surface area (Å²) in [6.07, 6.45) is 14.9. The van der Waals surface area contributed by atoms with Gasteiger partial charge in [0.25, 0.3) is 0 Å². The zero-order valence-electron chi connectivity index (χ0n) is 22.3. The second kappa shape index (κ2) is 22.2. The van der Waals surface area contributed by atoms with Crippen molar-refractivity contribution in [3.63, 3.8) is 0 Å². The maximum atomic E-state index is 12.2. The Morgan fingerprint density at radius 2 is 1.41 bits per heavy atom. The molecule has 0 bridgehead atoms. The smallest absolute Gasteiger partial charge is 0.472 e. The lowest BCUT2D eigenvalue weighted by Crippen LogP contribution is -2.34. The summed E-state index contributed by atoms with van der Waals surface area (Å²) in [5.41, 5.74) is 5.23. The summed E-state index contributed by atoms with van der Waals surface area (Å²) >= 11 is 0. The molecule has 3 atom stereocenters. The molecule has 0 spiro atoms. The molecule has 0 saturated carbocycles. The minimum Gasteiger partial charge on any atom is -0.480 e. The van der Waals surface area contributed by atoms with E-state index in [0.717, 1.165) is 38.5 Å². The van der Waals surface area contributed by atoms with Gasteiger partial charge in [0.1, 0.15) is 12.6 Å². The molecule has 0 aliphatic carbocycles. The molecule has 0 aliphatic rings. The van der Waals surface area contributed by atoms with Gasteiger partial charge in [-0.1, -0.05) is 58.1 Å². The van der Waals surface area contributed by atoms with E-state index in [4.69, 9.17) is 24.8 Å². The minimum absolute atomic E-state index is 0.150. The fourth-order valence-electron chi connectivity index (χ4n) is 3.09. The standard InChI is InChI=1S/C25H46NO10P/c1-3-5-6-7-8-9-10-11-12-13-14-15-17-24(28)36-21(18-33-23(27)16-4-2)19-34-37(31,32)35-20-22(26)25(29)30/h8-9,21-22H,3-7,10-20,26H2,1-2H3,(H,29,30)(H,31,32)/b9-8-. The molecule has 0 aromatic rings. The average Bonchev–Trinajstić information content (AvgIpc) is 2.85. The number of nitrogens with two attached hydrogens (primary N) is 1. The number of carbonyl (C=O) groups excluding carboxylic acids is 2. The van der Waals surface area contributed by atoms with Crippen molar-refractivity contribution >= 4 is 25.7 Å². The fourth-order valence-corrected chi connectivity index (χ4v) is 3.87. The van der Waals surface area contributed by atoms with Crippen LogP contribution in [0.5, 0.6) is 0 Å². The third-order valence-electron chi connectivity index (χ3n) is 5.23. The highest BCUT2D eigenvalue weighted by Gasteiger charge is 2.28. The van der Waals surface area contributed by atoms with Crippen LogP contribution in [-0.2, 0) is 37.5 Å². The molecular weight excluding hydrogens is 505 g/mol. The Kier molecular flexibility index (Phi) is 21.2. The molecule has 0 amide bonds. The van der Waals surface area contributed by atoms with E-state index in [9.17, 15) is 23.8 Å². The van der Waals surface area contributed by atoms with Crippen LogP contribution >= 0.6 is 7.82 Å². The van der Waals surface area contributed by atoms with E-state index in [0.29, 0.717) is 12.8 Å². The van der Waals surface area contributed by atoms with Crippen LogP contribution in [0.15, 0.2) is 12.2 Å². The number of allylic oxidation sites excluding steroid dienone is 2. The van der Waals surface area contributed by atoms with Crippen molar-refractivity contribution in [3.05, 3.63) is 12.2 Å². The number of carboxylic acids is 1. The van der Waals surface area contributed by atoms with E-state index in [1.165, 1.54) is 19.3 Å². The van der Waals surface area contributed by atoms with Crippen molar-refractivity contribution in [2.75, 3.05) is 19.8 Å². The minimum atomic E-state index is -4.67. The topological polar surface area (TPSA) is 172 Å². The van der Waals surface area contributed by atoms with Crippen LogP contribution in [0, 0.1) is 0 Å². The first kappa shape index (κ1) is 35.2. The van der Waals surface area contributed by atoms with Crippen LogP contribution < -0.4 is 5.73 Å². The predicted octanol–water partition coefficient (Wildman–Crippen LogP) is 4.65. The third-order valence-corrected chi connectivity index (χ3v) is 6.18. The number of carbonyl (C=O) groups is 3. The van der Waals surface area contributed by atoms with Gasteiger partial charge in [0.05, 0.1) is 13.2 Å². The summed E-state index contributed by atoms with van der Waals surface area (Å²) in [4.78, 5) is 44.3. The van der Waals surface area contributed by atoms with Crippen molar-refractivity contribution in [1.82, 2.24) is 0 Å². The van der Waals surface area contributed by atoms with E-state index in [2.05, 4.69) is 23.6 Å². The molecule has 0 fully saturated rings. The van der Waals surface area contributed by atoms with Gasteiger partial charge in [-0.3, -0.25) is 23.4 Å². The molecule has 4 N–H and O–H groups in total. The molecule has 0 saturated heterocycles. The van der Waals surface area contributed by atoms with Crippen LogP contribution in [0.25, 0.3) is 0 Å². The molecule has 0 rings (SSSR count). The fraction of sp³-hybridized carbons (Fsp3) is 0.800. The molecule has 0 radical (unpaired) electrons. The highest BCUT2D eigenvalue weighted by Crippen LogP contribution is 2.43. The summed E-state index contributed by atoms with van der Waals surface area (Å²) in [5, 5.41) is 8.72. The van der Waals surface area contributed by atoms with Gasteiger partial charge < -0.3 is 25.2 Å². The largest absolute Gasteiger partial charge is 0.480 e. The van der Waals surface area contributed by atoms with Gasteiger partial charge >= 0.3 is 25.7 Å². The summed E-state index contributed by atoms with van der Waals surface area (Å²) in [6.45, 7) is 2.29. The first-order valence-corrected chi connectivity index (χ1v) is 14.7. The molecule has 0 aliphatic heterocycles. The normalized spacial score (nSPS) is 14.7. The van der Waals surface area contributed by atoms with Crippen molar-refractivity contribution in [2.45, 2.75) is 109 Å². The van der Waals surface area contributed by atoms with Crippen molar-refractivity contribution in [1.29, 1.82) is 0 Å². The number of phosphoric ester groups is 1. The first-order chi connectivity index (χ1) is 17.6. The molecule has 0 aromatic heterocycles. The molecule has 0 heterocycles. The highest BCUT2D eigenvalue weighted by molar-refractivity contribution is 7.47. The SMILES string of the molecule is CCCCC/C=C\CCCCCCCC(=O)OC(COC(=O)CCC)COP(=O)(O)OCC(N)C(=O)O. The van der Waals surface area contributed by atoms with Gasteiger partial charge in [-0.25, -0.2) is 4.57 Å².